The van der Waals surface area contributed by atoms with Crippen molar-refractivity contribution in [1.82, 2.24) is 5.32 Å². The van der Waals surface area contributed by atoms with Gasteiger partial charge in [0.1, 0.15) is 48.8 Å². The Bertz CT molecular complexity index is 1610. The molecule has 14 nitrogen and oxygen atoms in total. The number of ether oxygens (including phenoxy) is 4. The number of carbonyl (C=O) groups is 1. The van der Waals surface area contributed by atoms with Crippen LogP contribution in [0.3, 0.4) is 0 Å². The van der Waals surface area contributed by atoms with Crippen LogP contribution in [0.1, 0.15) is 213 Å². The van der Waals surface area contributed by atoms with Crippen molar-refractivity contribution in [2.45, 2.75) is 286 Å². The van der Waals surface area contributed by atoms with E-state index in [1.54, 1.807) is 6.08 Å². The minimum absolute atomic E-state index is 0.213. The van der Waals surface area contributed by atoms with Gasteiger partial charge in [-0.1, -0.05) is 208 Å². The molecule has 1 amide bonds. The number of aliphatic hydroxyl groups excluding tert-OH is 8. The van der Waals surface area contributed by atoms with Gasteiger partial charge in [0, 0.05) is 6.42 Å². The maximum Gasteiger partial charge on any atom is 0.220 e. The largest absolute Gasteiger partial charge is 0.394 e. The summed E-state index contributed by atoms with van der Waals surface area (Å²) in [6, 6.07) is -0.965. The van der Waals surface area contributed by atoms with E-state index >= 15 is 0 Å². The zero-order valence-corrected chi connectivity index (χ0v) is 47.7. The van der Waals surface area contributed by atoms with Gasteiger partial charge in [0.15, 0.2) is 12.6 Å². The van der Waals surface area contributed by atoms with Crippen molar-refractivity contribution in [1.29, 1.82) is 0 Å². The van der Waals surface area contributed by atoms with Gasteiger partial charge in [-0.2, -0.15) is 0 Å². The summed E-state index contributed by atoms with van der Waals surface area (Å²) >= 11 is 0. The zero-order chi connectivity index (χ0) is 56.0. The summed E-state index contributed by atoms with van der Waals surface area (Å²) in [5.74, 6) is -0.296. The molecule has 0 aromatic carbocycles. The van der Waals surface area contributed by atoms with E-state index in [-0.39, 0.29) is 18.9 Å². The first kappa shape index (κ1) is 70.3. The number of unbranched alkanes of at least 4 members (excludes halogenated alkanes) is 22. The van der Waals surface area contributed by atoms with Crippen LogP contribution in [0.15, 0.2) is 85.1 Å². The molecular formula is C63H109NO13. The topological polar surface area (TPSA) is 228 Å². The smallest absolute Gasteiger partial charge is 0.220 e. The van der Waals surface area contributed by atoms with E-state index in [4.69, 9.17) is 18.9 Å². The molecule has 14 heteroatoms. The van der Waals surface area contributed by atoms with E-state index < -0.39 is 86.8 Å². The second-order valence-electron chi connectivity index (χ2n) is 21.1. The van der Waals surface area contributed by atoms with Crippen molar-refractivity contribution in [2.24, 2.45) is 0 Å². The second kappa shape index (κ2) is 47.9. The maximum absolute atomic E-state index is 13.2. The first-order chi connectivity index (χ1) is 37.6. The van der Waals surface area contributed by atoms with Crippen LogP contribution in [-0.4, -0.2) is 140 Å². The maximum atomic E-state index is 13.2. The molecule has 77 heavy (non-hydrogen) atoms. The monoisotopic (exact) mass is 1090 g/mol. The Morgan fingerprint density at radius 2 is 0.909 bits per heavy atom. The summed E-state index contributed by atoms with van der Waals surface area (Å²) in [5, 5.41) is 87.0. The summed E-state index contributed by atoms with van der Waals surface area (Å²) in [4.78, 5) is 13.2. The molecule has 12 atom stereocenters. The minimum Gasteiger partial charge on any atom is -0.394 e. The van der Waals surface area contributed by atoms with Crippen molar-refractivity contribution in [3.8, 4) is 0 Å². The molecular weight excluding hydrogens is 979 g/mol. The number of aliphatic hydroxyl groups is 8. The highest BCUT2D eigenvalue weighted by Crippen LogP contribution is 2.30. The minimum atomic E-state index is -1.80. The Morgan fingerprint density at radius 1 is 0.481 bits per heavy atom. The molecule has 0 spiro atoms. The molecule has 2 heterocycles. The molecule has 2 saturated heterocycles. The van der Waals surface area contributed by atoms with E-state index in [2.05, 4.69) is 92.1 Å². The van der Waals surface area contributed by atoms with E-state index in [9.17, 15) is 45.6 Å². The third-order valence-corrected chi connectivity index (χ3v) is 14.3. The zero-order valence-electron chi connectivity index (χ0n) is 47.7. The fourth-order valence-electron chi connectivity index (χ4n) is 9.43. The van der Waals surface area contributed by atoms with Gasteiger partial charge >= 0.3 is 0 Å². The van der Waals surface area contributed by atoms with Gasteiger partial charge in [0.2, 0.25) is 5.91 Å². The van der Waals surface area contributed by atoms with E-state index in [1.165, 1.54) is 116 Å². The standard InChI is InChI=1S/C63H109NO13/c1-3-5-7-9-11-13-15-17-19-20-21-22-23-24-25-26-27-28-29-30-31-33-34-36-38-40-42-44-46-52(67)51(64-55(68)47-45-43-41-39-37-35-32-18-16-14-12-10-8-6-4-2)50-74-62-60(73)58(71)61(54(49-66)76-62)77-63-59(72)57(70)56(69)53(48-65)75-63/h6,8,12,14,18,30-32,36-39,44,46,51-54,56-63,65-67,69-73H,3-5,7,9-11,13,15-17,19-29,33-35,40-43,45,47-50H2,1-2H3,(H,64,68)/b8-6-,14-12-,31-30+,32-18-,38-36+,39-37-,46-44+. The molecule has 0 aromatic heterocycles. The van der Waals surface area contributed by atoms with Gasteiger partial charge in [-0.05, 0) is 83.5 Å². The van der Waals surface area contributed by atoms with Crippen LogP contribution in [0.25, 0.3) is 0 Å². The summed E-state index contributed by atoms with van der Waals surface area (Å²) < 4.78 is 22.7. The summed E-state index contributed by atoms with van der Waals surface area (Å²) in [7, 11) is 0. The predicted octanol–water partition coefficient (Wildman–Crippen LogP) is 10.5. The highest BCUT2D eigenvalue weighted by atomic mass is 16.7. The Labute approximate surface area is 465 Å². The number of hydrogen-bond donors (Lipinski definition) is 9. The van der Waals surface area contributed by atoms with Gasteiger partial charge in [-0.3, -0.25) is 4.79 Å². The number of nitrogens with one attached hydrogen (secondary N) is 1. The second-order valence-corrected chi connectivity index (χ2v) is 21.1. The van der Waals surface area contributed by atoms with E-state index in [0.717, 1.165) is 64.2 Å². The molecule has 2 aliphatic heterocycles. The van der Waals surface area contributed by atoms with Crippen LogP contribution in [-0.2, 0) is 23.7 Å². The highest BCUT2D eigenvalue weighted by Gasteiger charge is 2.51. The molecule has 12 unspecified atom stereocenters. The van der Waals surface area contributed by atoms with Crippen LogP contribution in [0, 0.1) is 0 Å². The number of allylic oxidation sites excluding steroid dienone is 13. The van der Waals surface area contributed by atoms with Crippen molar-refractivity contribution in [2.75, 3.05) is 19.8 Å². The summed E-state index contributed by atoms with van der Waals surface area (Å²) in [6.07, 6.45) is 47.9. The highest BCUT2D eigenvalue weighted by molar-refractivity contribution is 5.76. The lowest BCUT2D eigenvalue weighted by Gasteiger charge is -2.46. The lowest BCUT2D eigenvalue weighted by Crippen LogP contribution is -2.65. The molecule has 444 valence electrons. The van der Waals surface area contributed by atoms with Crippen LogP contribution in [0.5, 0.6) is 0 Å². The van der Waals surface area contributed by atoms with Crippen molar-refractivity contribution >= 4 is 5.91 Å². The van der Waals surface area contributed by atoms with Crippen molar-refractivity contribution in [3.05, 3.63) is 85.1 Å². The lowest BCUT2D eigenvalue weighted by atomic mass is 9.97. The van der Waals surface area contributed by atoms with Crippen molar-refractivity contribution in [3.63, 3.8) is 0 Å². The van der Waals surface area contributed by atoms with Gasteiger partial charge in [-0.25, -0.2) is 0 Å². The first-order valence-corrected chi connectivity index (χ1v) is 30.3. The molecule has 2 rings (SSSR count). The third kappa shape index (κ3) is 33.5. The fourth-order valence-corrected chi connectivity index (χ4v) is 9.43. The van der Waals surface area contributed by atoms with Crippen LogP contribution in [0.4, 0.5) is 0 Å². The van der Waals surface area contributed by atoms with Crippen LogP contribution < -0.4 is 5.32 Å². The number of rotatable bonds is 47. The van der Waals surface area contributed by atoms with Crippen LogP contribution >= 0.6 is 0 Å². The molecule has 0 bridgehead atoms. The van der Waals surface area contributed by atoms with E-state index in [0.29, 0.717) is 12.8 Å². The Hall–Kier alpha value is -2.83. The molecule has 9 N–H and O–H groups in total. The summed E-state index contributed by atoms with van der Waals surface area (Å²) in [5.41, 5.74) is 0. The summed E-state index contributed by atoms with van der Waals surface area (Å²) in [6.45, 7) is 2.62. The first-order valence-electron chi connectivity index (χ1n) is 30.3. The molecule has 0 saturated carbocycles. The van der Waals surface area contributed by atoms with Crippen LogP contribution in [0.2, 0.25) is 0 Å². The number of hydrogen-bond acceptors (Lipinski definition) is 13. The molecule has 2 fully saturated rings. The van der Waals surface area contributed by atoms with Gasteiger partial charge < -0.3 is 65.1 Å². The molecule has 0 aliphatic carbocycles. The van der Waals surface area contributed by atoms with E-state index in [1.807, 2.05) is 6.08 Å². The lowest BCUT2D eigenvalue weighted by molar-refractivity contribution is -0.359. The van der Waals surface area contributed by atoms with Crippen molar-refractivity contribution < 1.29 is 64.6 Å². The average Bonchev–Trinajstić information content (AvgIpc) is 3.44. The van der Waals surface area contributed by atoms with Gasteiger partial charge in [-0.15, -0.1) is 0 Å². The predicted molar refractivity (Wildman–Crippen MR) is 309 cm³/mol. The Morgan fingerprint density at radius 3 is 1.43 bits per heavy atom. The average molecular weight is 1090 g/mol. The van der Waals surface area contributed by atoms with Gasteiger partial charge in [0.25, 0.3) is 0 Å². The molecule has 0 radical (unpaired) electrons. The number of amides is 1. The normalized spacial score (nSPS) is 25.3. The Balaban J connectivity index is 1.77. The Kier molecular flexibility index (Phi) is 43.7. The number of carbonyl (C=O) groups excluding carboxylic acids is 1. The SMILES string of the molecule is CC/C=C\C/C=C\C/C=C\C/C=C\CCCCC(=O)NC(COC1OC(CO)C(OC2OC(CO)C(O)C(O)C2O)C(O)C1O)C(O)/C=C/CC/C=C/CC/C=C/CCCCCCCCCCCCCCCCCCCC. The quantitative estimate of drug-likeness (QED) is 0.0204. The third-order valence-electron chi connectivity index (χ3n) is 14.3. The molecule has 0 aromatic rings. The fraction of sp³-hybridized carbons (Fsp3) is 0.762. The molecule has 2 aliphatic rings. The van der Waals surface area contributed by atoms with Gasteiger partial charge in [0.05, 0.1) is 32.0 Å².